The topological polar surface area (TPSA) is 389 Å². The van der Waals surface area contributed by atoms with E-state index in [1.54, 1.807) is 24.8 Å². The Morgan fingerprint density at radius 3 is 1.16 bits per heavy atom. The average molecular weight is 495 g/mol. The monoisotopic (exact) mass is 495 g/mol. The molecule has 1 radical (unpaired) electrons. The van der Waals surface area contributed by atoms with E-state index < -0.39 is 0 Å². The first-order valence-corrected chi connectivity index (χ1v) is 6.12. The second-order valence-electron chi connectivity index (χ2n) is 3.89. The molecule has 177 valence electrons. The maximum atomic E-state index is 3.91. The second kappa shape index (κ2) is 24.7. The van der Waals surface area contributed by atoms with Gasteiger partial charge in [0, 0.05) is 47.6 Å². The quantitative estimate of drug-likeness (QED) is 0.186. The van der Waals surface area contributed by atoms with Gasteiger partial charge in [-0.3, -0.25) is 30.6 Å². The van der Waals surface area contributed by atoms with Crippen LogP contribution in [0.4, 0.5) is 0 Å². The van der Waals surface area contributed by atoms with Crippen molar-refractivity contribution in [2.45, 2.75) is 0 Å². The van der Waals surface area contributed by atoms with Gasteiger partial charge in [-0.25, -0.2) is 0 Å². The predicted octanol–water partition coefficient (Wildman–Crippen LogP) is -7.21. The first-order chi connectivity index (χ1) is 10.9. The average Bonchev–Trinajstić information content (AvgIpc) is 3.31. The number of hydrogen-bond acceptors (Lipinski definition) is 8. The van der Waals surface area contributed by atoms with E-state index in [1.807, 2.05) is 24.3 Å². The fourth-order valence-electron chi connectivity index (χ4n) is 1.51. The molecular formula is C12H28MnN10O8+4. The number of aromatic nitrogens is 10. The van der Waals surface area contributed by atoms with E-state index in [0.717, 1.165) is 11.1 Å². The third kappa shape index (κ3) is 13.5. The number of nitrogens with zero attached hydrogens (tertiary/aromatic N) is 10. The van der Waals surface area contributed by atoms with Gasteiger partial charge in [0.05, 0.1) is 0 Å². The Morgan fingerprint density at radius 2 is 0.935 bits per heavy atom. The Labute approximate surface area is 184 Å². The molecule has 0 aliphatic rings. The van der Waals surface area contributed by atoms with Crippen molar-refractivity contribution in [2.24, 2.45) is 0 Å². The smallest absolute Gasteiger partial charge is 0.457 e. The minimum absolute atomic E-state index is 0. The molecule has 4 rings (SSSR count). The van der Waals surface area contributed by atoms with Crippen LogP contribution in [-0.2, 0) is 39.0 Å². The molecule has 0 unspecified atom stereocenters. The van der Waals surface area contributed by atoms with Crippen LogP contribution in [0.2, 0.25) is 0 Å². The van der Waals surface area contributed by atoms with Crippen molar-refractivity contribution in [3.8, 4) is 22.8 Å². The number of tetrazole rings is 2. The molecule has 19 heteroatoms. The molecule has 0 aromatic carbocycles. The molecule has 0 saturated heterocycles. The van der Waals surface area contributed by atoms with E-state index in [1.165, 1.54) is 0 Å². The van der Waals surface area contributed by atoms with Crippen LogP contribution >= 0.6 is 0 Å². The summed E-state index contributed by atoms with van der Waals surface area (Å²) in [6, 6.07) is 7.33. The van der Waals surface area contributed by atoms with Gasteiger partial charge >= 0.3 is 17.1 Å². The van der Waals surface area contributed by atoms with Crippen LogP contribution in [0.5, 0.6) is 0 Å². The Balaban J connectivity index is -0.0000000576. The molecule has 4 aromatic heterocycles. The van der Waals surface area contributed by atoms with Crippen LogP contribution in [0.25, 0.3) is 22.8 Å². The van der Waals surface area contributed by atoms with Gasteiger partial charge in [-0.1, -0.05) is 12.1 Å². The zero-order valence-corrected chi connectivity index (χ0v) is 17.0. The van der Waals surface area contributed by atoms with Crippen molar-refractivity contribution < 1.29 is 60.9 Å². The minimum Gasteiger partial charge on any atom is -0.457 e. The summed E-state index contributed by atoms with van der Waals surface area (Å²) in [5.41, 5.74) is 1.66. The van der Waals surface area contributed by atoms with Crippen molar-refractivity contribution in [3.63, 3.8) is 0 Å². The van der Waals surface area contributed by atoms with Crippen molar-refractivity contribution in [1.29, 1.82) is 0 Å². The SMILES string of the molecule is O.O.O.O.[Mn+2].[OH3+].[OH3+].[OH3+].[OH3+].c1cncc(-c2nnn[n-]2)c1.c1cncc(-c2nnn[n-]2)c1. The van der Waals surface area contributed by atoms with Gasteiger partial charge in [-0.2, -0.15) is 10.4 Å². The first kappa shape index (κ1) is 46.0. The van der Waals surface area contributed by atoms with Crippen LogP contribution in [0, 0.1) is 0 Å². The standard InChI is InChI=1S/2C6H4N5.Mn.8H2O/c2*1-2-5(4-7-3-1)6-8-10-11-9-6;;;;;;;;;/h2*1-4H;;8*1H2/q2*-1;+2;;;;;;;;/p+4. The van der Waals surface area contributed by atoms with Gasteiger partial charge in [0.15, 0.2) is 0 Å². The van der Waals surface area contributed by atoms with Crippen LogP contribution in [-0.4, -0.2) is 62.9 Å². The number of hydrogen-bond donors (Lipinski definition) is 0. The van der Waals surface area contributed by atoms with Crippen molar-refractivity contribution in [2.75, 3.05) is 0 Å². The molecule has 4 aromatic rings. The molecule has 0 aliphatic heterocycles. The Kier molecular flexibility index (Phi) is 36.7. The van der Waals surface area contributed by atoms with E-state index in [-0.39, 0.29) is 60.9 Å². The van der Waals surface area contributed by atoms with Crippen molar-refractivity contribution >= 4 is 0 Å². The second-order valence-corrected chi connectivity index (χ2v) is 3.89. The summed E-state index contributed by atoms with van der Waals surface area (Å²) in [5, 5.41) is 28.1. The molecule has 0 amide bonds. The molecule has 18 nitrogen and oxygen atoms in total. The van der Waals surface area contributed by atoms with Crippen LogP contribution < -0.4 is 10.2 Å². The maximum Gasteiger partial charge on any atom is 2.00 e. The molecule has 0 fully saturated rings. The molecule has 0 saturated carbocycles. The summed E-state index contributed by atoms with van der Waals surface area (Å²) in [5.74, 6) is 1.02. The van der Waals surface area contributed by atoms with Gasteiger partial charge in [0.2, 0.25) is 0 Å². The van der Waals surface area contributed by atoms with E-state index in [2.05, 4.69) is 51.2 Å². The van der Waals surface area contributed by atoms with Crippen LogP contribution in [0.3, 0.4) is 0 Å². The molecule has 0 bridgehead atoms. The van der Waals surface area contributed by atoms with Gasteiger partial charge in [-0.15, -0.1) is 0 Å². The first-order valence-electron chi connectivity index (χ1n) is 6.12. The third-order valence-corrected chi connectivity index (χ3v) is 2.48. The van der Waals surface area contributed by atoms with Crippen LogP contribution in [0.1, 0.15) is 0 Å². The Bertz CT molecular complexity index is 729. The Hall–Kier alpha value is -3.36. The van der Waals surface area contributed by atoms with Crippen LogP contribution in [0.15, 0.2) is 49.1 Å². The van der Waals surface area contributed by atoms with Gasteiger partial charge in [-0.05, 0) is 12.1 Å². The summed E-state index contributed by atoms with van der Waals surface area (Å²) in [6.07, 6.45) is 6.71. The van der Waals surface area contributed by atoms with Crippen molar-refractivity contribution in [3.05, 3.63) is 49.1 Å². The molecule has 4 heterocycles. The molecule has 0 aliphatic carbocycles. The molecule has 31 heavy (non-hydrogen) atoms. The largest absolute Gasteiger partial charge is 2.00 e. The molecular weight excluding hydrogens is 467 g/mol. The zero-order chi connectivity index (χ0) is 15.0. The molecule has 20 N–H and O–H groups in total. The fraction of sp³-hybridized carbons (Fsp3) is 0. The Morgan fingerprint density at radius 1 is 0.581 bits per heavy atom. The number of pyridine rings is 2. The summed E-state index contributed by atoms with van der Waals surface area (Å²) in [4.78, 5) is 7.81. The third-order valence-electron chi connectivity index (χ3n) is 2.48. The van der Waals surface area contributed by atoms with E-state index in [9.17, 15) is 0 Å². The molecule has 0 atom stereocenters. The van der Waals surface area contributed by atoms with Crippen molar-refractivity contribution in [1.82, 2.24) is 51.2 Å². The predicted molar refractivity (Wildman–Crippen MR) is 107 cm³/mol. The number of rotatable bonds is 2. The summed E-state index contributed by atoms with van der Waals surface area (Å²) >= 11 is 0. The summed E-state index contributed by atoms with van der Waals surface area (Å²) in [7, 11) is 0. The van der Waals surface area contributed by atoms with E-state index in [4.69, 9.17) is 0 Å². The summed E-state index contributed by atoms with van der Waals surface area (Å²) < 4.78 is 0. The minimum atomic E-state index is 0. The van der Waals surface area contributed by atoms with Gasteiger partial charge < -0.3 is 54.0 Å². The maximum absolute atomic E-state index is 3.91. The van der Waals surface area contributed by atoms with E-state index in [0.29, 0.717) is 11.6 Å². The van der Waals surface area contributed by atoms with Gasteiger partial charge in [0.1, 0.15) is 0 Å². The molecule has 0 spiro atoms. The van der Waals surface area contributed by atoms with E-state index >= 15 is 0 Å². The van der Waals surface area contributed by atoms with Gasteiger partial charge in [0.25, 0.3) is 0 Å². The fourth-order valence-corrected chi connectivity index (χ4v) is 1.51. The zero-order valence-electron chi connectivity index (χ0n) is 15.8. The summed E-state index contributed by atoms with van der Waals surface area (Å²) in [6.45, 7) is 0. The normalized spacial score (nSPS) is 6.97.